The van der Waals surface area contributed by atoms with Crippen LogP contribution >= 0.6 is 0 Å². The van der Waals surface area contributed by atoms with E-state index in [2.05, 4.69) is 0 Å². The fourth-order valence-corrected chi connectivity index (χ4v) is 3.88. The van der Waals surface area contributed by atoms with Crippen molar-refractivity contribution in [2.45, 2.75) is 30.2 Å². The van der Waals surface area contributed by atoms with Crippen LogP contribution in [0.15, 0.2) is 29.2 Å². The van der Waals surface area contributed by atoms with E-state index in [1.165, 1.54) is 23.5 Å². The minimum Gasteiger partial charge on any atom is -0.497 e. The van der Waals surface area contributed by atoms with E-state index in [0.717, 1.165) is 19.1 Å². The number of piperidine rings is 1. The number of nitrogens with zero attached hydrogens (tertiary/aromatic N) is 1. The van der Waals surface area contributed by atoms with Gasteiger partial charge in [0.25, 0.3) is 0 Å². The molecule has 0 spiro atoms. The lowest BCUT2D eigenvalue weighted by molar-refractivity contribution is -0.111. The summed E-state index contributed by atoms with van der Waals surface area (Å²) in [5, 5.41) is 0. The van der Waals surface area contributed by atoms with Crippen molar-refractivity contribution in [1.82, 2.24) is 4.31 Å². The van der Waals surface area contributed by atoms with Crippen LogP contribution in [0.1, 0.15) is 19.3 Å². The van der Waals surface area contributed by atoms with Crippen molar-refractivity contribution >= 4 is 16.3 Å². The van der Waals surface area contributed by atoms with E-state index in [0.29, 0.717) is 18.7 Å². The molecule has 19 heavy (non-hydrogen) atoms. The lowest BCUT2D eigenvalue weighted by Gasteiger charge is -2.31. The Bertz CT molecular complexity index is 538. The summed E-state index contributed by atoms with van der Waals surface area (Å²) < 4.78 is 31.3. The van der Waals surface area contributed by atoms with Gasteiger partial charge in [-0.3, -0.25) is 0 Å². The summed E-state index contributed by atoms with van der Waals surface area (Å²) in [5.41, 5.74) is 0. The van der Waals surface area contributed by atoms with Crippen molar-refractivity contribution in [2.75, 3.05) is 13.7 Å². The maximum atomic E-state index is 12.5. The van der Waals surface area contributed by atoms with Gasteiger partial charge in [-0.1, -0.05) is 6.42 Å². The molecule has 0 N–H and O–H groups in total. The van der Waals surface area contributed by atoms with Gasteiger partial charge in [0.1, 0.15) is 12.0 Å². The van der Waals surface area contributed by atoms with Crippen LogP contribution in [0, 0.1) is 0 Å². The van der Waals surface area contributed by atoms with Gasteiger partial charge in [0, 0.05) is 6.54 Å². The molecule has 0 radical (unpaired) electrons. The topological polar surface area (TPSA) is 63.7 Å². The summed E-state index contributed by atoms with van der Waals surface area (Å²) in [7, 11) is -2.08. The SMILES string of the molecule is COc1ccc(S(=O)(=O)N2CCCC[C@@H]2C=O)cc1. The number of ether oxygens (including phenoxy) is 1. The second-order valence-electron chi connectivity index (χ2n) is 4.49. The lowest BCUT2D eigenvalue weighted by Crippen LogP contribution is -2.44. The molecule has 0 aliphatic carbocycles. The molecule has 5 nitrogen and oxygen atoms in total. The van der Waals surface area contributed by atoms with Crippen LogP contribution in [0.25, 0.3) is 0 Å². The van der Waals surface area contributed by atoms with Crippen LogP contribution in [0.2, 0.25) is 0 Å². The Morgan fingerprint density at radius 1 is 1.26 bits per heavy atom. The molecule has 2 rings (SSSR count). The van der Waals surface area contributed by atoms with Crippen LogP contribution in [-0.4, -0.2) is 38.7 Å². The minimum atomic E-state index is -3.60. The smallest absolute Gasteiger partial charge is 0.243 e. The second kappa shape index (κ2) is 5.71. The molecule has 104 valence electrons. The average Bonchev–Trinajstić information content (AvgIpc) is 2.47. The number of aldehydes is 1. The monoisotopic (exact) mass is 283 g/mol. The second-order valence-corrected chi connectivity index (χ2v) is 6.38. The fraction of sp³-hybridized carbons (Fsp3) is 0.462. The highest BCUT2D eigenvalue weighted by Crippen LogP contribution is 2.25. The molecule has 1 saturated heterocycles. The number of rotatable bonds is 4. The maximum Gasteiger partial charge on any atom is 0.243 e. The molecule has 0 bridgehead atoms. The van der Waals surface area contributed by atoms with Crippen molar-refractivity contribution in [3.8, 4) is 5.75 Å². The number of carbonyl (C=O) groups excluding carboxylic acids is 1. The first kappa shape index (κ1) is 14.0. The lowest BCUT2D eigenvalue weighted by atomic mass is 10.1. The summed E-state index contributed by atoms with van der Waals surface area (Å²) in [6.07, 6.45) is 3.00. The number of sulfonamides is 1. The molecule has 1 aromatic rings. The Labute approximate surface area is 113 Å². The van der Waals surface area contributed by atoms with Crippen molar-refractivity contribution in [3.63, 3.8) is 0 Å². The third-order valence-corrected chi connectivity index (χ3v) is 5.26. The van der Waals surface area contributed by atoms with Gasteiger partial charge in [0.2, 0.25) is 10.0 Å². The Morgan fingerprint density at radius 2 is 1.95 bits per heavy atom. The molecule has 1 aliphatic heterocycles. The first-order valence-electron chi connectivity index (χ1n) is 6.21. The highest BCUT2D eigenvalue weighted by molar-refractivity contribution is 7.89. The van der Waals surface area contributed by atoms with Gasteiger partial charge in [0.05, 0.1) is 18.0 Å². The third kappa shape index (κ3) is 2.79. The van der Waals surface area contributed by atoms with E-state index in [1.54, 1.807) is 12.1 Å². The largest absolute Gasteiger partial charge is 0.497 e. The third-order valence-electron chi connectivity index (χ3n) is 3.32. The molecule has 1 aromatic carbocycles. The summed E-state index contributed by atoms with van der Waals surface area (Å²) >= 11 is 0. The van der Waals surface area contributed by atoms with Crippen LogP contribution in [-0.2, 0) is 14.8 Å². The van der Waals surface area contributed by atoms with E-state index < -0.39 is 16.1 Å². The van der Waals surface area contributed by atoms with Gasteiger partial charge < -0.3 is 9.53 Å². The number of methoxy groups -OCH3 is 1. The molecule has 0 unspecified atom stereocenters. The number of hydrogen-bond acceptors (Lipinski definition) is 4. The zero-order chi connectivity index (χ0) is 13.9. The molecular weight excluding hydrogens is 266 g/mol. The first-order chi connectivity index (χ1) is 9.09. The normalized spacial score (nSPS) is 21.0. The van der Waals surface area contributed by atoms with Crippen LogP contribution < -0.4 is 4.74 Å². The zero-order valence-electron chi connectivity index (χ0n) is 10.8. The van der Waals surface area contributed by atoms with E-state index >= 15 is 0 Å². The van der Waals surface area contributed by atoms with Crippen molar-refractivity contribution in [2.24, 2.45) is 0 Å². The van der Waals surface area contributed by atoms with Gasteiger partial charge in [-0.15, -0.1) is 0 Å². The van der Waals surface area contributed by atoms with E-state index in [4.69, 9.17) is 4.74 Å². The molecule has 1 atom stereocenters. The Hall–Kier alpha value is -1.40. The highest BCUT2D eigenvalue weighted by atomic mass is 32.2. The first-order valence-corrected chi connectivity index (χ1v) is 7.65. The van der Waals surface area contributed by atoms with E-state index in [-0.39, 0.29) is 4.90 Å². The van der Waals surface area contributed by atoms with Gasteiger partial charge in [0.15, 0.2) is 0 Å². The molecule has 1 fully saturated rings. The molecule has 0 aromatic heterocycles. The Kier molecular flexibility index (Phi) is 4.21. The molecule has 0 amide bonds. The Balaban J connectivity index is 2.31. The molecule has 6 heteroatoms. The van der Waals surface area contributed by atoms with Gasteiger partial charge in [-0.05, 0) is 37.1 Å². The number of benzene rings is 1. The molecule has 1 aliphatic rings. The average molecular weight is 283 g/mol. The predicted molar refractivity (Wildman–Crippen MR) is 70.6 cm³/mol. The zero-order valence-corrected chi connectivity index (χ0v) is 11.6. The molecular formula is C13H17NO4S. The van der Waals surface area contributed by atoms with Crippen molar-refractivity contribution < 1.29 is 17.9 Å². The summed E-state index contributed by atoms with van der Waals surface area (Å²) in [6.45, 7) is 0.401. The van der Waals surface area contributed by atoms with Crippen molar-refractivity contribution in [3.05, 3.63) is 24.3 Å². The highest BCUT2D eigenvalue weighted by Gasteiger charge is 2.33. The minimum absolute atomic E-state index is 0.196. The molecule has 0 saturated carbocycles. The maximum absolute atomic E-state index is 12.5. The van der Waals surface area contributed by atoms with Gasteiger partial charge in [-0.25, -0.2) is 8.42 Å². The van der Waals surface area contributed by atoms with Crippen LogP contribution in [0.5, 0.6) is 5.75 Å². The Morgan fingerprint density at radius 3 is 2.53 bits per heavy atom. The summed E-state index contributed by atoms with van der Waals surface area (Å²) in [4.78, 5) is 11.2. The standard InChI is InChI=1S/C13H17NO4S/c1-18-12-5-7-13(8-6-12)19(16,17)14-9-3-2-4-11(14)10-15/h5-8,10-11H,2-4,9H2,1H3/t11-/m1/s1. The fourth-order valence-electron chi connectivity index (χ4n) is 2.25. The number of carbonyl (C=O) groups is 1. The summed E-state index contributed by atoms with van der Waals surface area (Å²) in [5.74, 6) is 0.601. The van der Waals surface area contributed by atoms with Gasteiger partial charge >= 0.3 is 0 Å². The summed E-state index contributed by atoms with van der Waals surface area (Å²) in [6, 6.07) is 5.68. The van der Waals surface area contributed by atoms with Crippen LogP contribution in [0.4, 0.5) is 0 Å². The predicted octanol–water partition coefficient (Wildman–Crippen LogP) is 1.44. The van der Waals surface area contributed by atoms with Crippen LogP contribution in [0.3, 0.4) is 0 Å². The van der Waals surface area contributed by atoms with E-state index in [1.807, 2.05) is 0 Å². The quantitative estimate of drug-likeness (QED) is 0.784. The number of hydrogen-bond donors (Lipinski definition) is 0. The molecule has 1 heterocycles. The van der Waals surface area contributed by atoms with E-state index in [9.17, 15) is 13.2 Å². The van der Waals surface area contributed by atoms with Crippen molar-refractivity contribution in [1.29, 1.82) is 0 Å². The van der Waals surface area contributed by atoms with Gasteiger partial charge in [-0.2, -0.15) is 4.31 Å².